The van der Waals surface area contributed by atoms with Gasteiger partial charge in [-0.25, -0.2) is 4.79 Å². The van der Waals surface area contributed by atoms with Gasteiger partial charge in [0.1, 0.15) is 4.88 Å². The quantitative estimate of drug-likeness (QED) is 0.632. The van der Waals surface area contributed by atoms with Crippen LogP contribution >= 0.6 is 27.5 Å². The topological polar surface area (TPSA) is 38.3 Å². The van der Waals surface area contributed by atoms with Gasteiger partial charge in [0.05, 0.1) is 12.8 Å². The Kier molecular flexibility index (Phi) is 2.90. The summed E-state index contributed by atoms with van der Waals surface area (Å²) in [7, 11) is 1.36. The molecule has 0 radical (unpaired) electrons. The first-order chi connectivity index (χ1) is 5.29. The minimum atomic E-state index is -0.318. The molecule has 0 fully saturated rings. The number of ether oxygens (including phenoxy) is 1. The number of carbonyl (C=O) groups excluding carboxylic acids is 1. The van der Waals surface area contributed by atoms with Gasteiger partial charge in [0, 0.05) is 16.1 Å². The first-order valence-corrected chi connectivity index (χ1v) is 4.49. The summed E-state index contributed by atoms with van der Waals surface area (Å²) < 4.78 is 7.26. The molecule has 0 amide bonds. The molecule has 0 aliphatic carbocycles. The van der Waals surface area contributed by atoms with E-state index >= 15 is 0 Å². The van der Waals surface area contributed by atoms with Crippen LogP contribution in [0.4, 0.5) is 5.69 Å². The van der Waals surface area contributed by atoms with E-state index in [9.17, 15) is 4.79 Å². The normalized spacial score (nSPS) is 9.27. The second-order valence-corrected chi connectivity index (χ2v) is 3.06. The smallest absolute Gasteiger partial charge is 0.350 e. The molecular weight excluding hydrogens is 230 g/mol. The average Bonchev–Trinajstić information content (AvgIpc) is 2.50. The summed E-state index contributed by atoms with van der Waals surface area (Å²) in [6.07, 6.45) is 0. The second-order valence-electron chi connectivity index (χ2n) is 1.75. The van der Waals surface area contributed by atoms with Crippen molar-refractivity contribution in [2.45, 2.75) is 0 Å². The lowest BCUT2D eigenvalue weighted by molar-refractivity contribution is 0.0607. The number of hydrogen-bond donors (Lipinski definition) is 1. The highest BCUT2D eigenvalue weighted by molar-refractivity contribution is 9.10. The van der Waals surface area contributed by atoms with Crippen LogP contribution in [0, 0.1) is 0 Å². The number of thiophene rings is 1. The average molecular weight is 236 g/mol. The van der Waals surface area contributed by atoms with E-state index < -0.39 is 0 Å². The molecule has 11 heavy (non-hydrogen) atoms. The molecule has 0 aliphatic rings. The molecule has 1 aromatic heterocycles. The zero-order chi connectivity index (χ0) is 8.27. The van der Waals surface area contributed by atoms with Crippen molar-refractivity contribution in [3.63, 3.8) is 0 Å². The first-order valence-electron chi connectivity index (χ1n) is 2.82. The molecule has 0 aromatic carbocycles. The van der Waals surface area contributed by atoms with Gasteiger partial charge < -0.3 is 9.08 Å². The number of carbonyl (C=O) groups is 1. The SMILES string of the molecule is COC(=O)c1sccc1NBr. The van der Waals surface area contributed by atoms with Gasteiger partial charge in [-0.05, 0) is 11.4 Å². The Labute approximate surface area is 76.7 Å². The highest BCUT2D eigenvalue weighted by atomic mass is 79.9. The molecule has 0 unspecified atom stereocenters. The number of hydrogen-bond acceptors (Lipinski definition) is 4. The lowest BCUT2D eigenvalue weighted by atomic mass is 10.4. The Morgan fingerprint density at radius 2 is 2.55 bits per heavy atom. The molecule has 1 aromatic rings. The van der Waals surface area contributed by atoms with E-state index in [2.05, 4.69) is 25.2 Å². The number of nitrogens with one attached hydrogen (secondary N) is 1. The molecule has 1 N–H and O–H groups in total. The monoisotopic (exact) mass is 235 g/mol. The summed E-state index contributed by atoms with van der Waals surface area (Å²) >= 11 is 4.37. The van der Waals surface area contributed by atoms with Gasteiger partial charge in [-0.1, -0.05) is 0 Å². The van der Waals surface area contributed by atoms with E-state index in [0.29, 0.717) is 4.88 Å². The van der Waals surface area contributed by atoms with Crippen LogP contribution in [0.25, 0.3) is 0 Å². The largest absolute Gasteiger partial charge is 0.465 e. The standard InChI is InChI=1S/C6H6BrNO2S/c1-10-6(9)5-4(8-7)2-3-11-5/h2-3,8H,1H3. The molecule has 0 saturated carbocycles. The van der Waals surface area contributed by atoms with E-state index in [1.54, 1.807) is 6.07 Å². The number of rotatable bonds is 2. The number of methoxy groups -OCH3 is 1. The Morgan fingerprint density at radius 1 is 1.82 bits per heavy atom. The van der Waals surface area contributed by atoms with Crippen LogP contribution in [0.3, 0.4) is 0 Å². The molecule has 1 rings (SSSR count). The minimum absolute atomic E-state index is 0.318. The summed E-state index contributed by atoms with van der Waals surface area (Å²) in [5.74, 6) is -0.318. The van der Waals surface area contributed by atoms with Gasteiger partial charge in [-0.3, -0.25) is 0 Å². The molecule has 0 spiro atoms. The predicted octanol–water partition coefficient (Wildman–Crippen LogP) is 2.26. The van der Waals surface area contributed by atoms with Gasteiger partial charge in [0.15, 0.2) is 0 Å². The molecule has 60 valence electrons. The third kappa shape index (κ3) is 1.72. The van der Waals surface area contributed by atoms with Crippen molar-refractivity contribution in [1.82, 2.24) is 0 Å². The summed E-state index contributed by atoms with van der Waals surface area (Å²) in [4.78, 5) is 11.6. The van der Waals surface area contributed by atoms with Crippen molar-refractivity contribution >= 4 is 39.1 Å². The van der Waals surface area contributed by atoms with Gasteiger partial charge in [0.2, 0.25) is 0 Å². The van der Waals surface area contributed by atoms with Crippen LogP contribution in [-0.4, -0.2) is 13.1 Å². The molecule has 1 heterocycles. The molecule has 0 atom stereocenters. The van der Waals surface area contributed by atoms with E-state index in [-0.39, 0.29) is 5.97 Å². The van der Waals surface area contributed by atoms with Gasteiger partial charge >= 0.3 is 5.97 Å². The zero-order valence-electron chi connectivity index (χ0n) is 5.76. The van der Waals surface area contributed by atoms with Gasteiger partial charge in [-0.15, -0.1) is 11.3 Å². The fourth-order valence-corrected chi connectivity index (χ4v) is 1.86. The van der Waals surface area contributed by atoms with Crippen LogP contribution < -0.4 is 4.34 Å². The maximum absolute atomic E-state index is 11.0. The van der Waals surface area contributed by atoms with Crippen molar-refractivity contribution in [3.8, 4) is 0 Å². The first kappa shape index (κ1) is 8.55. The lowest BCUT2D eigenvalue weighted by Crippen LogP contribution is -1.99. The third-order valence-corrected chi connectivity index (χ3v) is 2.46. The van der Waals surface area contributed by atoms with E-state index in [1.807, 2.05) is 5.38 Å². The van der Waals surface area contributed by atoms with Crippen molar-refractivity contribution in [1.29, 1.82) is 0 Å². The maximum Gasteiger partial charge on any atom is 0.350 e. The molecule has 3 nitrogen and oxygen atoms in total. The van der Waals surface area contributed by atoms with Gasteiger partial charge in [-0.2, -0.15) is 0 Å². The molecule has 0 bridgehead atoms. The van der Waals surface area contributed by atoms with Crippen molar-refractivity contribution < 1.29 is 9.53 Å². The number of anilines is 1. The summed E-state index contributed by atoms with van der Waals surface area (Å²) in [5, 5.41) is 1.82. The summed E-state index contributed by atoms with van der Waals surface area (Å²) in [6.45, 7) is 0. The zero-order valence-corrected chi connectivity index (χ0v) is 8.16. The molecule has 0 saturated heterocycles. The van der Waals surface area contributed by atoms with Crippen LogP contribution in [0.2, 0.25) is 0 Å². The van der Waals surface area contributed by atoms with E-state index in [1.165, 1.54) is 18.4 Å². The Balaban J connectivity index is 2.92. The summed E-state index contributed by atoms with van der Waals surface area (Å²) in [6, 6.07) is 1.80. The number of esters is 1. The lowest BCUT2D eigenvalue weighted by Gasteiger charge is -1.97. The highest BCUT2D eigenvalue weighted by Gasteiger charge is 2.11. The Morgan fingerprint density at radius 3 is 3.09 bits per heavy atom. The maximum atomic E-state index is 11.0. The van der Waals surface area contributed by atoms with E-state index in [0.717, 1.165) is 5.69 Å². The van der Waals surface area contributed by atoms with Crippen LogP contribution in [0.5, 0.6) is 0 Å². The van der Waals surface area contributed by atoms with Crippen molar-refractivity contribution in [2.75, 3.05) is 11.5 Å². The highest BCUT2D eigenvalue weighted by Crippen LogP contribution is 2.23. The number of halogens is 1. The Bertz CT molecular complexity index is 261. The predicted molar refractivity (Wildman–Crippen MR) is 48.2 cm³/mol. The summed E-state index contributed by atoms with van der Waals surface area (Å²) in [5.41, 5.74) is 0.738. The second kappa shape index (κ2) is 3.73. The Hall–Kier alpha value is -0.550. The molecule has 5 heteroatoms. The van der Waals surface area contributed by atoms with E-state index in [4.69, 9.17) is 0 Å². The molecular formula is C6H6BrNO2S. The third-order valence-electron chi connectivity index (χ3n) is 1.14. The fraction of sp³-hybridized carbons (Fsp3) is 0.167. The van der Waals surface area contributed by atoms with Crippen LogP contribution in [0.1, 0.15) is 9.67 Å². The van der Waals surface area contributed by atoms with Crippen LogP contribution in [0.15, 0.2) is 11.4 Å². The van der Waals surface area contributed by atoms with Crippen LogP contribution in [-0.2, 0) is 4.74 Å². The minimum Gasteiger partial charge on any atom is -0.465 e. The van der Waals surface area contributed by atoms with Gasteiger partial charge in [0.25, 0.3) is 0 Å². The molecule has 0 aliphatic heterocycles. The van der Waals surface area contributed by atoms with Crippen molar-refractivity contribution in [2.24, 2.45) is 0 Å². The van der Waals surface area contributed by atoms with Crippen molar-refractivity contribution in [3.05, 3.63) is 16.3 Å². The fourth-order valence-electron chi connectivity index (χ4n) is 0.634.